The first kappa shape index (κ1) is 23.6. The summed E-state index contributed by atoms with van der Waals surface area (Å²) in [4.78, 5) is 22.2. The van der Waals surface area contributed by atoms with Crippen LogP contribution in [0.5, 0.6) is 0 Å². The van der Waals surface area contributed by atoms with E-state index in [-0.39, 0.29) is 24.8 Å². The zero-order chi connectivity index (χ0) is 17.5. The Bertz CT molecular complexity index is 594. The first-order chi connectivity index (χ1) is 12.2. The molecule has 2 aliphatic rings. The molecule has 1 amide bonds. The molecule has 0 aromatic carbocycles. The number of rotatable bonds is 6. The number of nitrogens with one attached hydrogen (secondary N) is 2. The molecule has 152 valence electrons. The van der Waals surface area contributed by atoms with Crippen LogP contribution in [0.3, 0.4) is 0 Å². The number of hydrogen-bond donors (Lipinski definition) is 3. The van der Waals surface area contributed by atoms with Gasteiger partial charge >= 0.3 is 0 Å². The lowest BCUT2D eigenvalue weighted by molar-refractivity contribution is -0.124. The molecule has 3 N–H and O–H groups in total. The molecule has 0 bridgehead atoms. The topological polar surface area (TPSA) is 90.4 Å². The van der Waals surface area contributed by atoms with Crippen molar-refractivity contribution in [2.75, 3.05) is 25.0 Å². The summed E-state index contributed by atoms with van der Waals surface area (Å²) < 4.78 is 0. The number of amides is 1. The maximum absolute atomic E-state index is 11.0. The summed E-state index contributed by atoms with van der Waals surface area (Å²) in [5.41, 5.74) is 2.11. The van der Waals surface area contributed by atoms with Crippen LogP contribution < -0.4 is 10.8 Å². The second kappa shape index (κ2) is 12.1. The number of likely N-dealkylation sites (tertiary alicyclic amines) is 1. The van der Waals surface area contributed by atoms with Crippen LogP contribution in [-0.4, -0.2) is 51.7 Å². The molecule has 1 aliphatic heterocycles. The van der Waals surface area contributed by atoms with Crippen LogP contribution in [0, 0.1) is 5.92 Å². The van der Waals surface area contributed by atoms with Gasteiger partial charge in [0.25, 0.3) is 5.91 Å². The van der Waals surface area contributed by atoms with Gasteiger partial charge in [-0.3, -0.25) is 15.0 Å². The first-order valence-corrected chi connectivity index (χ1v) is 9.16. The van der Waals surface area contributed by atoms with Crippen LogP contribution in [0.15, 0.2) is 18.5 Å². The minimum Gasteiger partial charge on any atom is -0.365 e. The molecule has 2 fully saturated rings. The molecule has 3 rings (SSSR count). The van der Waals surface area contributed by atoms with Crippen LogP contribution >= 0.6 is 24.8 Å². The van der Waals surface area contributed by atoms with Gasteiger partial charge in [0.2, 0.25) is 0 Å². The van der Waals surface area contributed by atoms with E-state index < -0.39 is 5.91 Å². The fourth-order valence-corrected chi connectivity index (χ4v) is 3.80. The van der Waals surface area contributed by atoms with Gasteiger partial charge in [0, 0.05) is 25.2 Å². The van der Waals surface area contributed by atoms with Crippen molar-refractivity contribution in [1.29, 1.82) is 0 Å². The van der Waals surface area contributed by atoms with Gasteiger partial charge in [-0.05, 0) is 44.2 Å². The molecule has 7 nitrogen and oxygen atoms in total. The molecule has 1 saturated carbocycles. The first-order valence-electron chi connectivity index (χ1n) is 9.16. The maximum Gasteiger partial charge on any atom is 0.267 e. The average Bonchev–Trinajstić information content (AvgIpc) is 3.14. The van der Waals surface area contributed by atoms with E-state index in [2.05, 4.69) is 20.2 Å². The van der Waals surface area contributed by atoms with Gasteiger partial charge in [-0.25, -0.2) is 10.5 Å². The Morgan fingerprint density at radius 1 is 1.19 bits per heavy atom. The molecule has 27 heavy (non-hydrogen) atoms. The molecular weight excluding hydrogens is 389 g/mol. The van der Waals surface area contributed by atoms with E-state index in [4.69, 9.17) is 5.21 Å². The molecule has 1 aromatic rings. The zero-order valence-electron chi connectivity index (χ0n) is 15.3. The van der Waals surface area contributed by atoms with Gasteiger partial charge in [-0.15, -0.1) is 24.8 Å². The Labute approximate surface area is 172 Å². The second-order valence-electron chi connectivity index (χ2n) is 7.03. The van der Waals surface area contributed by atoms with Gasteiger partial charge in [0.1, 0.15) is 5.82 Å². The fraction of sp³-hybridized carbons (Fsp3) is 0.611. The summed E-state index contributed by atoms with van der Waals surface area (Å²) in [5.74, 6) is 1.06. The van der Waals surface area contributed by atoms with Gasteiger partial charge in [-0.1, -0.05) is 12.8 Å². The monoisotopic (exact) mass is 417 g/mol. The Hall–Kier alpha value is -1.41. The number of hydroxylamine groups is 1. The van der Waals surface area contributed by atoms with Gasteiger partial charge < -0.3 is 10.2 Å². The standard InChI is InChI=1S/C18H27N5O2.2ClH/c24-18(22-25)8-7-15-10-20-17(11-19-15)21-16-6-3-9-23(13-16)12-14-4-1-2-5-14;;/h7-8,10-11,14,16,25H,1-6,9,12-13H2,(H,20,21)(H,22,24);2*1H/b8-7+;;/t16-;;/m1../s1. The van der Waals surface area contributed by atoms with Crippen molar-refractivity contribution in [3.05, 3.63) is 24.2 Å². The number of halogens is 2. The molecule has 0 radical (unpaired) electrons. The summed E-state index contributed by atoms with van der Waals surface area (Å²) >= 11 is 0. The number of hydrogen-bond acceptors (Lipinski definition) is 6. The van der Waals surface area contributed by atoms with Crippen LogP contribution in [0.1, 0.15) is 44.2 Å². The van der Waals surface area contributed by atoms with Crippen molar-refractivity contribution in [2.45, 2.75) is 44.6 Å². The lowest BCUT2D eigenvalue weighted by atomic mass is 10.0. The van der Waals surface area contributed by atoms with E-state index in [1.54, 1.807) is 12.4 Å². The number of carbonyl (C=O) groups excluding carboxylic acids is 1. The van der Waals surface area contributed by atoms with Crippen LogP contribution in [0.25, 0.3) is 6.08 Å². The largest absolute Gasteiger partial charge is 0.365 e. The Balaban J connectivity index is 0.00000182. The zero-order valence-corrected chi connectivity index (χ0v) is 17.0. The number of piperidine rings is 1. The highest BCUT2D eigenvalue weighted by atomic mass is 35.5. The van der Waals surface area contributed by atoms with E-state index >= 15 is 0 Å². The SMILES string of the molecule is Cl.Cl.O=C(/C=C/c1cnc(N[C@@H]2CCCN(CC3CCCC3)C2)cn1)NO. The minimum absolute atomic E-state index is 0. The average molecular weight is 418 g/mol. The minimum atomic E-state index is -0.589. The molecule has 9 heteroatoms. The molecule has 0 unspecified atom stereocenters. The van der Waals surface area contributed by atoms with E-state index in [9.17, 15) is 4.79 Å². The normalized spacial score (nSPS) is 20.7. The van der Waals surface area contributed by atoms with E-state index in [1.165, 1.54) is 62.8 Å². The molecule has 0 spiro atoms. The predicted molar refractivity (Wildman–Crippen MR) is 111 cm³/mol. The quantitative estimate of drug-likeness (QED) is 0.374. The lowest BCUT2D eigenvalue weighted by Crippen LogP contribution is -2.43. The lowest BCUT2D eigenvalue weighted by Gasteiger charge is -2.34. The predicted octanol–water partition coefficient (Wildman–Crippen LogP) is 2.91. The fourth-order valence-electron chi connectivity index (χ4n) is 3.80. The molecular formula is C18H29Cl2N5O2. The Morgan fingerprint density at radius 2 is 1.96 bits per heavy atom. The summed E-state index contributed by atoms with van der Waals surface area (Å²) in [6, 6.07) is 0.408. The van der Waals surface area contributed by atoms with E-state index in [1.807, 2.05) is 0 Å². The van der Waals surface area contributed by atoms with Crippen molar-refractivity contribution in [3.63, 3.8) is 0 Å². The molecule has 1 saturated heterocycles. The highest BCUT2D eigenvalue weighted by molar-refractivity contribution is 5.90. The third kappa shape index (κ3) is 7.62. The number of anilines is 1. The Kier molecular flexibility index (Phi) is 10.6. The summed E-state index contributed by atoms with van der Waals surface area (Å²) in [6.07, 6.45) is 14.0. The smallest absolute Gasteiger partial charge is 0.267 e. The maximum atomic E-state index is 11.0. The van der Waals surface area contributed by atoms with Gasteiger partial charge in [0.15, 0.2) is 0 Å². The third-order valence-corrected chi connectivity index (χ3v) is 5.04. The van der Waals surface area contributed by atoms with Crippen molar-refractivity contribution in [3.8, 4) is 0 Å². The summed E-state index contributed by atoms with van der Waals surface area (Å²) in [6.45, 7) is 3.51. The van der Waals surface area contributed by atoms with Crippen molar-refractivity contribution in [1.82, 2.24) is 20.3 Å². The van der Waals surface area contributed by atoms with Crippen LogP contribution in [-0.2, 0) is 4.79 Å². The number of nitrogens with zero attached hydrogens (tertiary/aromatic N) is 3. The van der Waals surface area contributed by atoms with Crippen LogP contribution in [0.2, 0.25) is 0 Å². The Morgan fingerprint density at radius 3 is 2.63 bits per heavy atom. The third-order valence-electron chi connectivity index (χ3n) is 5.04. The number of carbonyl (C=O) groups is 1. The molecule has 1 aliphatic carbocycles. The second-order valence-corrected chi connectivity index (χ2v) is 7.03. The molecule has 1 aromatic heterocycles. The van der Waals surface area contributed by atoms with Gasteiger partial charge in [-0.2, -0.15) is 0 Å². The van der Waals surface area contributed by atoms with Crippen LogP contribution in [0.4, 0.5) is 5.82 Å². The van der Waals surface area contributed by atoms with E-state index in [0.29, 0.717) is 11.7 Å². The molecule has 1 atom stereocenters. The van der Waals surface area contributed by atoms with Gasteiger partial charge in [0.05, 0.1) is 18.1 Å². The van der Waals surface area contributed by atoms with E-state index in [0.717, 1.165) is 24.7 Å². The highest BCUT2D eigenvalue weighted by Crippen LogP contribution is 2.26. The highest BCUT2D eigenvalue weighted by Gasteiger charge is 2.24. The summed E-state index contributed by atoms with van der Waals surface area (Å²) in [5, 5.41) is 11.9. The molecule has 2 heterocycles. The van der Waals surface area contributed by atoms with Crippen molar-refractivity contribution >= 4 is 42.6 Å². The number of aromatic nitrogens is 2. The summed E-state index contributed by atoms with van der Waals surface area (Å²) in [7, 11) is 0. The van der Waals surface area contributed by atoms with Crippen molar-refractivity contribution in [2.24, 2.45) is 5.92 Å². The van der Waals surface area contributed by atoms with Crippen molar-refractivity contribution < 1.29 is 10.0 Å².